The zero-order valence-electron chi connectivity index (χ0n) is 16.6. The van der Waals surface area contributed by atoms with Gasteiger partial charge in [-0.2, -0.15) is 19.6 Å². The van der Waals surface area contributed by atoms with Crippen LogP contribution in [0.1, 0.15) is 70.3 Å². The predicted octanol–water partition coefficient (Wildman–Crippen LogP) is 3.83. The third kappa shape index (κ3) is 4.34. The van der Waals surface area contributed by atoms with Gasteiger partial charge in [-0.15, -0.1) is 0 Å². The molecule has 0 unspecified atom stereocenters. The predicted molar refractivity (Wildman–Crippen MR) is 107 cm³/mol. The SMILES string of the molecule is CC(C)c1cnn2c(NCC3CCCCC3)nc(NC3CCOCC3)nc12. The lowest BCUT2D eigenvalue weighted by Crippen LogP contribution is -2.29. The number of rotatable bonds is 6. The molecule has 0 radical (unpaired) electrons. The first kappa shape index (κ1) is 18.5. The van der Waals surface area contributed by atoms with Crippen LogP contribution in [-0.4, -0.2) is 45.4 Å². The van der Waals surface area contributed by atoms with Crippen molar-refractivity contribution in [2.45, 2.75) is 70.8 Å². The molecule has 3 heterocycles. The van der Waals surface area contributed by atoms with E-state index in [1.54, 1.807) is 0 Å². The minimum absolute atomic E-state index is 0.373. The number of hydrogen-bond donors (Lipinski definition) is 2. The van der Waals surface area contributed by atoms with Crippen molar-refractivity contribution in [3.05, 3.63) is 11.8 Å². The third-order valence-corrected chi connectivity index (χ3v) is 5.85. The Bertz CT molecular complexity index is 746. The van der Waals surface area contributed by atoms with Crippen LogP contribution in [-0.2, 0) is 4.74 Å². The first-order chi connectivity index (χ1) is 13.2. The van der Waals surface area contributed by atoms with Crippen LogP contribution in [0.3, 0.4) is 0 Å². The summed E-state index contributed by atoms with van der Waals surface area (Å²) < 4.78 is 7.34. The second-order valence-corrected chi connectivity index (χ2v) is 8.28. The molecular formula is C20H32N6O. The lowest BCUT2D eigenvalue weighted by atomic mass is 9.89. The van der Waals surface area contributed by atoms with Gasteiger partial charge >= 0.3 is 0 Å². The summed E-state index contributed by atoms with van der Waals surface area (Å²) in [6.45, 7) is 6.92. The Morgan fingerprint density at radius 3 is 2.63 bits per heavy atom. The Labute approximate surface area is 161 Å². The zero-order valence-corrected chi connectivity index (χ0v) is 16.6. The number of aromatic nitrogens is 4. The van der Waals surface area contributed by atoms with E-state index in [4.69, 9.17) is 14.7 Å². The van der Waals surface area contributed by atoms with Gasteiger partial charge in [-0.05, 0) is 37.5 Å². The molecule has 2 fully saturated rings. The highest BCUT2D eigenvalue weighted by atomic mass is 16.5. The number of anilines is 2. The second-order valence-electron chi connectivity index (χ2n) is 8.28. The largest absolute Gasteiger partial charge is 0.381 e. The molecule has 4 rings (SSSR count). The van der Waals surface area contributed by atoms with Gasteiger partial charge in [0.05, 0.1) is 6.20 Å². The molecule has 148 valence electrons. The normalized spacial score (nSPS) is 19.7. The number of ether oxygens (including phenoxy) is 1. The molecule has 2 N–H and O–H groups in total. The van der Waals surface area contributed by atoms with Gasteiger partial charge in [-0.3, -0.25) is 0 Å². The van der Waals surface area contributed by atoms with Crippen LogP contribution in [0.15, 0.2) is 6.20 Å². The first-order valence-electron chi connectivity index (χ1n) is 10.5. The maximum absolute atomic E-state index is 5.47. The van der Waals surface area contributed by atoms with Crippen molar-refractivity contribution in [2.24, 2.45) is 5.92 Å². The standard InChI is InChI=1S/C20H32N6O/c1-14(2)17-13-22-26-18(17)24-19(23-16-8-10-27-11-9-16)25-20(26)21-12-15-6-4-3-5-7-15/h13-16H,3-12H2,1-2H3,(H2,21,23,24,25). The Kier molecular flexibility index (Phi) is 5.76. The Morgan fingerprint density at radius 1 is 1.11 bits per heavy atom. The molecule has 2 aromatic rings. The minimum Gasteiger partial charge on any atom is -0.381 e. The van der Waals surface area contributed by atoms with Gasteiger partial charge in [-0.25, -0.2) is 0 Å². The third-order valence-electron chi connectivity index (χ3n) is 5.85. The quantitative estimate of drug-likeness (QED) is 0.802. The fraction of sp³-hybridized carbons (Fsp3) is 0.750. The van der Waals surface area contributed by atoms with Crippen molar-refractivity contribution in [3.8, 4) is 0 Å². The molecular weight excluding hydrogens is 340 g/mol. The summed E-state index contributed by atoms with van der Waals surface area (Å²) in [4.78, 5) is 9.58. The molecule has 2 aromatic heterocycles. The molecule has 7 nitrogen and oxygen atoms in total. The van der Waals surface area contributed by atoms with E-state index in [0.717, 1.165) is 55.7 Å². The average Bonchev–Trinajstić information content (AvgIpc) is 3.12. The van der Waals surface area contributed by atoms with Crippen LogP contribution in [0.5, 0.6) is 0 Å². The highest BCUT2D eigenvalue weighted by Gasteiger charge is 2.20. The lowest BCUT2D eigenvalue weighted by Gasteiger charge is -2.24. The van der Waals surface area contributed by atoms with E-state index in [2.05, 4.69) is 29.6 Å². The number of fused-ring (bicyclic) bond motifs is 1. The molecule has 1 aliphatic carbocycles. The number of nitrogens with one attached hydrogen (secondary N) is 2. The molecule has 1 aliphatic heterocycles. The zero-order chi connectivity index (χ0) is 18.6. The fourth-order valence-electron chi connectivity index (χ4n) is 4.13. The summed E-state index contributed by atoms with van der Waals surface area (Å²) in [5.74, 6) is 2.60. The van der Waals surface area contributed by atoms with Gasteiger partial charge in [0.2, 0.25) is 11.9 Å². The fourth-order valence-corrected chi connectivity index (χ4v) is 4.13. The van der Waals surface area contributed by atoms with Crippen molar-refractivity contribution in [1.82, 2.24) is 19.6 Å². The molecule has 27 heavy (non-hydrogen) atoms. The van der Waals surface area contributed by atoms with Gasteiger partial charge in [0.1, 0.15) is 0 Å². The maximum Gasteiger partial charge on any atom is 0.229 e. The summed E-state index contributed by atoms with van der Waals surface area (Å²) in [7, 11) is 0. The molecule has 0 aromatic carbocycles. The van der Waals surface area contributed by atoms with Gasteiger partial charge in [0.15, 0.2) is 5.65 Å². The summed E-state index contributed by atoms with van der Waals surface area (Å²) in [6.07, 6.45) is 10.6. The van der Waals surface area contributed by atoms with Crippen LogP contribution in [0.4, 0.5) is 11.9 Å². The van der Waals surface area contributed by atoms with E-state index >= 15 is 0 Å². The average molecular weight is 373 g/mol. The maximum atomic E-state index is 5.47. The molecule has 7 heteroatoms. The van der Waals surface area contributed by atoms with Crippen molar-refractivity contribution in [3.63, 3.8) is 0 Å². The summed E-state index contributed by atoms with van der Waals surface area (Å²) >= 11 is 0. The highest BCUT2D eigenvalue weighted by molar-refractivity contribution is 5.55. The van der Waals surface area contributed by atoms with Gasteiger partial charge in [0, 0.05) is 31.4 Å². The van der Waals surface area contributed by atoms with Crippen LogP contribution in [0, 0.1) is 5.92 Å². The molecule has 1 saturated carbocycles. The molecule has 2 aliphatic rings. The van der Waals surface area contributed by atoms with Crippen LogP contribution in [0.2, 0.25) is 0 Å². The second kappa shape index (κ2) is 8.42. The minimum atomic E-state index is 0.373. The van der Waals surface area contributed by atoms with Crippen molar-refractivity contribution < 1.29 is 4.74 Å². The Hall–Kier alpha value is -1.89. The van der Waals surface area contributed by atoms with E-state index in [-0.39, 0.29) is 0 Å². The summed E-state index contributed by atoms with van der Waals surface area (Å²) in [5, 5.41) is 11.7. The Balaban J connectivity index is 1.58. The van der Waals surface area contributed by atoms with E-state index in [1.165, 1.54) is 32.1 Å². The smallest absolute Gasteiger partial charge is 0.229 e. The van der Waals surface area contributed by atoms with Crippen LogP contribution in [0.25, 0.3) is 5.65 Å². The van der Waals surface area contributed by atoms with Gasteiger partial charge in [-0.1, -0.05) is 33.1 Å². The monoisotopic (exact) mass is 372 g/mol. The van der Waals surface area contributed by atoms with E-state index in [0.29, 0.717) is 17.9 Å². The van der Waals surface area contributed by atoms with Crippen LogP contribution >= 0.6 is 0 Å². The van der Waals surface area contributed by atoms with Crippen molar-refractivity contribution in [2.75, 3.05) is 30.4 Å². The van der Waals surface area contributed by atoms with Crippen molar-refractivity contribution in [1.29, 1.82) is 0 Å². The van der Waals surface area contributed by atoms with E-state index in [1.807, 2.05) is 10.7 Å². The number of hydrogen-bond acceptors (Lipinski definition) is 6. The molecule has 1 saturated heterocycles. The summed E-state index contributed by atoms with van der Waals surface area (Å²) in [6, 6.07) is 0.373. The molecule has 0 spiro atoms. The number of nitrogens with zero attached hydrogens (tertiary/aromatic N) is 4. The molecule has 0 amide bonds. The van der Waals surface area contributed by atoms with Gasteiger partial charge in [0.25, 0.3) is 0 Å². The molecule has 0 atom stereocenters. The first-order valence-corrected chi connectivity index (χ1v) is 10.5. The van der Waals surface area contributed by atoms with E-state index < -0.39 is 0 Å². The topological polar surface area (TPSA) is 76.4 Å². The van der Waals surface area contributed by atoms with E-state index in [9.17, 15) is 0 Å². The highest BCUT2D eigenvalue weighted by Crippen LogP contribution is 2.26. The molecule has 0 bridgehead atoms. The lowest BCUT2D eigenvalue weighted by molar-refractivity contribution is 0.0903. The van der Waals surface area contributed by atoms with Crippen molar-refractivity contribution >= 4 is 17.5 Å². The Morgan fingerprint density at radius 2 is 1.89 bits per heavy atom. The summed E-state index contributed by atoms with van der Waals surface area (Å²) in [5.41, 5.74) is 2.06. The van der Waals surface area contributed by atoms with Crippen LogP contribution < -0.4 is 10.6 Å². The van der Waals surface area contributed by atoms with Gasteiger partial charge < -0.3 is 15.4 Å².